The van der Waals surface area contributed by atoms with Gasteiger partial charge in [0.1, 0.15) is 0 Å². The Morgan fingerprint density at radius 3 is 2.79 bits per heavy atom. The van der Waals surface area contributed by atoms with Gasteiger partial charge in [-0.15, -0.1) is 0 Å². The predicted molar refractivity (Wildman–Crippen MR) is 77.1 cm³/mol. The van der Waals surface area contributed by atoms with Crippen LogP contribution in [0.15, 0.2) is 42.7 Å². The van der Waals surface area contributed by atoms with Crippen LogP contribution in [-0.2, 0) is 0 Å². The number of pyridine rings is 1. The minimum atomic E-state index is 0.626. The summed E-state index contributed by atoms with van der Waals surface area (Å²) < 4.78 is 0. The van der Waals surface area contributed by atoms with E-state index in [1.807, 2.05) is 38.4 Å². The van der Waals surface area contributed by atoms with E-state index in [-0.39, 0.29) is 0 Å². The first-order valence-electron chi connectivity index (χ1n) is 6.15. The molecular formula is C15H14N4. The van der Waals surface area contributed by atoms with Crippen LogP contribution in [0.3, 0.4) is 0 Å². The summed E-state index contributed by atoms with van der Waals surface area (Å²) in [6.07, 6.45) is 3.64. The monoisotopic (exact) mass is 250 g/mol. The average molecular weight is 250 g/mol. The Bertz CT molecular complexity index is 732. The SMILES string of the molecule is CNc1ncc(C)c(-c2cccc3ncccc23)n1. The molecule has 19 heavy (non-hydrogen) atoms. The molecule has 1 aromatic carbocycles. The topological polar surface area (TPSA) is 50.7 Å². The number of benzene rings is 1. The Labute approximate surface area is 111 Å². The molecule has 3 aromatic rings. The second-order valence-corrected chi connectivity index (χ2v) is 4.35. The normalized spacial score (nSPS) is 10.6. The van der Waals surface area contributed by atoms with E-state index in [2.05, 4.69) is 32.4 Å². The maximum absolute atomic E-state index is 4.56. The molecule has 0 atom stereocenters. The number of aryl methyl sites for hydroxylation is 1. The van der Waals surface area contributed by atoms with Crippen LogP contribution in [0.5, 0.6) is 0 Å². The molecule has 0 aliphatic heterocycles. The maximum atomic E-state index is 4.56. The largest absolute Gasteiger partial charge is 0.357 e. The smallest absolute Gasteiger partial charge is 0.222 e. The molecule has 2 aromatic heterocycles. The number of nitrogens with zero attached hydrogens (tertiary/aromatic N) is 3. The fourth-order valence-electron chi connectivity index (χ4n) is 2.14. The van der Waals surface area contributed by atoms with Crippen molar-refractivity contribution in [1.82, 2.24) is 15.0 Å². The lowest BCUT2D eigenvalue weighted by Gasteiger charge is -2.09. The zero-order valence-electron chi connectivity index (χ0n) is 10.9. The molecule has 3 rings (SSSR count). The Morgan fingerprint density at radius 1 is 1.05 bits per heavy atom. The molecule has 0 spiro atoms. The highest BCUT2D eigenvalue weighted by atomic mass is 15.1. The molecule has 4 nitrogen and oxygen atoms in total. The number of nitrogens with one attached hydrogen (secondary N) is 1. The summed E-state index contributed by atoms with van der Waals surface area (Å²) >= 11 is 0. The van der Waals surface area contributed by atoms with E-state index in [1.165, 1.54) is 0 Å². The van der Waals surface area contributed by atoms with Gasteiger partial charge in [0.15, 0.2) is 0 Å². The fraction of sp³-hybridized carbons (Fsp3) is 0.133. The second-order valence-electron chi connectivity index (χ2n) is 4.35. The number of rotatable bonds is 2. The lowest BCUT2D eigenvalue weighted by molar-refractivity contribution is 1.12. The van der Waals surface area contributed by atoms with Gasteiger partial charge in [0.05, 0.1) is 11.2 Å². The van der Waals surface area contributed by atoms with Crippen LogP contribution in [0, 0.1) is 6.92 Å². The van der Waals surface area contributed by atoms with E-state index in [0.717, 1.165) is 27.7 Å². The van der Waals surface area contributed by atoms with Crippen LogP contribution in [0.25, 0.3) is 22.2 Å². The van der Waals surface area contributed by atoms with Crippen molar-refractivity contribution >= 4 is 16.9 Å². The van der Waals surface area contributed by atoms with Crippen molar-refractivity contribution in [1.29, 1.82) is 0 Å². The van der Waals surface area contributed by atoms with Gasteiger partial charge in [-0.1, -0.05) is 18.2 Å². The molecule has 0 amide bonds. The maximum Gasteiger partial charge on any atom is 0.222 e. The molecule has 0 bridgehead atoms. The van der Waals surface area contributed by atoms with Gasteiger partial charge >= 0.3 is 0 Å². The van der Waals surface area contributed by atoms with Crippen molar-refractivity contribution in [2.24, 2.45) is 0 Å². The lowest BCUT2D eigenvalue weighted by atomic mass is 10.0. The summed E-state index contributed by atoms with van der Waals surface area (Å²) in [5.41, 5.74) is 4.05. The van der Waals surface area contributed by atoms with Crippen LogP contribution in [-0.4, -0.2) is 22.0 Å². The van der Waals surface area contributed by atoms with Gasteiger partial charge in [-0.3, -0.25) is 4.98 Å². The molecule has 0 saturated carbocycles. The summed E-state index contributed by atoms with van der Waals surface area (Å²) in [7, 11) is 1.82. The number of fused-ring (bicyclic) bond motifs is 1. The van der Waals surface area contributed by atoms with Gasteiger partial charge in [-0.2, -0.15) is 0 Å². The van der Waals surface area contributed by atoms with Crippen LogP contribution >= 0.6 is 0 Å². The van der Waals surface area contributed by atoms with Crippen LogP contribution in [0.1, 0.15) is 5.56 Å². The Morgan fingerprint density at radius 2 is 1.95 bits per heavy atom. The number of hydrogen-bond acceptors (Lipinski definition) is 4. The molecule has 0 aliphatic rings. The Hall–Kier alpha value is -2.49. The number of aromatic nitrogens is 3. The van der Waals surface area contributed by atoms with E-state index in [4.69, 9.17) is 0 Å². The quantitative estimate of drug-likeness (QED) is 0.759. The molecule has 0 saturated heterocycles. The molecule has 4 heteroatoms. The van der Waals surface area contributed by atoms with Gasteiger partial charge < -0.3 is 5.32 Å². The Balaban J connectivity index is 2.30. The zero-order chi connectivity index (χ0) is 13.2. The molecule has 0 fully saturated rings. The van der Waals surface area contributed by atoms with Gasteiger partial charge in [-0.05, 0) is 24.6 Å². The molecule has 2 heterocycles. The number of anilines is 1. The van der Waals surface area contributed by atoms with Gasteiger partial charge in [-0.25, -0.2) is 9.97 Å². The van der Waals surface area contributed by atoms with E-state index in [0.29, 0.717) is 5.95 Å². The van der Waals surface area contributed by atoms with Crippen molar-refractivity contribution in [3.63, 3.8) is 0 Å². The van der Waals surface area contributed by atoms with Crippen LogP contribution in [0.4, 0.5) is 5.95 Å². The van der Waals surface area contributed by atoms with Crippen molar-refractivity contribution in [2.45, 2.75) is 6.92 Å². The molecular weight excluding hydrogens is 236 g/mol. The standard InChI is InChI=1S/C15H14N4/c1-10-9-18-15(16-2)19-14(10)12-5-3-7-13-11(12)6-4-8-17-13/h3-9H,1-2H3,(H,16,18,19). The van der Waals surface area contributed by atoms with Gasteiger partial charge in [0, 0.05) is 30.4 Å². The molecule has 0 unspecified atom stereocenters. The van der Waals surface area contributed by atoms with E-state index in [9.17, 15) is 0 Å². The van der Waals surface area contributed by atoms with Crippen molar-refractivity contribution in [2.75, 3.05) is 12.4 Å². The fourth-order valence-corrected chi connectivity index (χ4v) is 2.14. The highest BCUT2D eigenvalue weighted by Crippen LogP contribution is 2.28. The minimum Gasteiger partial charge on any atom is -0.357 e. The Kier molecular flexibility index (Phi) is 2.83. The first-order chi connectivity index (χ1) is 9.29. The van der Waals surface area contributed by atoms with Crippen molar-refractivity contribution in [3.05, 3.63) is 48.3 Å². The minimum absolute atomic E-state index is 0.626. The van der Waals surface area contributed by atoms with Crippen LogP contribution < -0.4 is 5.32 Å². The first-order valence-corrected chi connectivity index (χ1v) is 6.15. The van der Waals surface area contributed by atoms with Gasteiger partial charge in [0.25, 0.3) is 0 Å². The highest BCUT2D eigenvalue weighted by molar-refractivity contribution is 5.94. The summed E-state index contributed by atoms with van der Waals surface area (Å²) in [5.74, 6) is 0.626. The third kappa shape index (κ3) is 2.01. The summed E-state index contributed by atoms with van der Waals surface area (Å²) in [6, 6.07) is 10.1. The van der Waals surface area contributed by atoms with Crippen molar-refractivity contribution < 1.29 is 0 Å². The van der Waals surface area contributed by atoms with E-state index < -0.39 is 0 Å². The second kappa shape index (κ2) is 4.65. The third-order valence-corrected chi connectivity index (χ3v) is 3.10. The van der Waals surface area contributed by atoms with Gasteiger partial charge in [0.2, 0.25) is 5.95 Å². The first kappa shape index (κ1) is 11.6. The summed E-state index contributed by atoms with van der Waals surface area (Å²) in [4.78, 5) is 13.2. The van der Waals surface area contributed by atoms with Crippen molar-refractivity contribution in [3.8, 4) is 11.3 Å². The van der Waals surface area contributed by atoms with E-state index >= 15 is 0 Å². The molecule has 0 aliphatic carbocycles. The number of hydrogen-bond donors (Lipinski definition) is 1. The zero-order valence-corrected chi connectivity index (χ0v) is 10.9. The lowest BCUT2D eigenvalue weighted by Crippen LogP contribution is -1.99. The highest BCUT2D eigenvalue weighted by Gasteiger charge is 2.09. The average Bonchev–Trinajstić information content (AvgIpc) is 2.47. The molecule has 94 valence electrons. The summed E-state index contributed by atoms with van der Waals surface area (Å²) in [6.45, 7) is 2.02. The van der Waals surface area contributed by atoms with Crippen LogP contribution in [0.2, 0.25) is 0 Å². The van der Waals surface area contributed by atoms with E-state index in [1.54, 1.807) is 6.20 Å². The predicted octanol–water partition coefficient (Wildman–Crippen LogP) is 3.04. The molecule has 1 N–H and O–H groups in total. The third-order valence-electron chi connectivity index (χ3n) is 3.10. The molecule has 0 radical (unpaired) electrons. The summed E-state index contributed by atoms with van der Waals surface area (Å²) in [5, 5.41) is 4.08.